The van der Waals surface area contributed by atoms with Gasteiger partial charge in [-0.15, -0.1) is 0 Å². The van der Waals surface area contributed by atoms with Gasteiger partial charge in [0.05, 0.1) is 12.2 Å². The van der Waals surface area contributed by atoms with E-state index in [4.69, 9.17) is 4.74 Å². The van der Waals surface area contributed by atoms with Crippen molar-refractivity contribution in [3.63, 3.8) is 0 Å². The summed E-state index contributed by atoms with van der Waals surface area (Å²) in [6.45, 7) is 0. The van der Waals surface area contributed by atoms with Gasteiger partial charge in [-0.25, -0.2) is 0 Å². The number of ether oxygens (including phenoxy) is 1. The van der Waals surface area contributed by atoms with Crippen LogP contribution >= 0.6 is 0 Å². The quantitative estimate of drug-likeness (QED) is 0.480. The van der Waals surface area contributed by atoms with E-state index in [0.717, 1.165) is 23.9 Å². The summed E-state index contributed by atoms with van der Waals surface area (Å²) in [6.07, 6.45) is 7.41. The van der Waals surface area contributed by atoms with Crippen molar-refractivity contribution in [1.82, 2.24) is 0 Å². The molecule has 0 aromatic rings. The maximum Gasteiger partial charge on any atom is 0.0844 e. The topological polar surface area (TPSA) is 12.5 Å². The van der Waals surface area contributed by atoms with Crippen LogP contribution in [0.5, 0.6) is 0 Å². The molecule has 3 saturated carbocycles. The zero-order valence-electron chi connectivity index (χ0n) is 6.70. The molecule has 6 atom stereocenters. The minimum absolute atomic E-state index is 0.716. The van der Waals surface area contributed by atoms with Gasteiger partial charge in [-0.3, -0.25) is 0 Å². The first-order valence-corrected chi connectivity index (χ1v) is 5.07. The molecule has 3 aliphatic carbocycles. The molecule has 60 valence electrons. The van der Waals surface area contributed by atoms with E-state index in [1.54, 1.807) is 12.8 Å². The minimum Gasteiger partial charge on any atom is -0.370 e. The van der Waals surface area contributed by atoms with Crippen LogP contribution in [0.25, 0.3) is 0 Å². The first-order valence-electron chi connectivity index (χ1n) is 5.07. The Balaban J connectivity index is 1.65. The van der Waals surface area contributed by atoms with Crippen LogP contribution in [0.3, 0.4) is 0 Å². The van der Waals surface area contributed by atoms with E-state index >= 15 is 0 Å². The highest BCUT2D eigenvalue weighted by Gasteiger charge is 2.59. The summed E-state index contributed by atoms with van der Waals surface area (Å²) in [5.74, 6) is 4.51. The van der Waals surface area contributed by atoms with Gasteiger partial charge in [0.25, 0.3) is 0 Å². The van der Waals surface area contributed by atoms with Crippen molar-refractivity contribution < 1.29 is 4.74 Å². The Morgan fingerprint density at radius 3 is 2.45 bits per heavy atom. The third-order valence-corrected chi connectivity index (χ3v) is 4.47. The summed E-state index contributed by atoms with van der Waals surface area (Å²) in [4.78, 5) is 0. The first kappa shape index (κ1) is 5.58. The van der Waals surface area contributed by atoms with Gasteiger partial charge in [0.15, 0.2) is 0 Å². The standard InChI is InChI=1S/C10H14O/c1-5-2-7(5)8-4-10-9(11-10)3-6(1)8/h5-10H,1-4H2. The molecule has 11 heavy (non-hydrogen) atoms. The molecule has 6 unspecified atom stereocenters. The van der Waals surface area contributed by atoms with E-state index < -0.39 is 0 Å². The summed E-state index contributed by atoms with van der Waals surface area (Å²) in [7, 11) is 0. The van der Waals surface area contributed by atoms with Crippen LogP contribution in [0.15, 0.2) is 0 Å². The fraction of sp³-hybridized carbons (Fsp3) is 1.00. The molecular weight excluding hydrogens is 136 g/mol. The minimum atomic E-state index is 0.716. The third-order valence-electron chi connectivity index (χ3n) is 4.47. The lowest BCUT2D eigenvalue weighted by atomic mass is 9.79. The Labute approximate surface area is 67.1 Å². The summed E-state index contributed by atoms with van der Waals surface area (Å²) in [5, 5.41) is 0. The van der Waals surface area contributed by atoms with Crippen molar-refractivity contribution in [1.29, 1.82) is 0 Å². The highest BCUT2D eigenvalue weighted by atomic mass is 16.6. The summed E-state index contributed by atoms with van der Waals surface area (Å²) >= 11 is 0. The molecule has 1 heteroatoms. The molecule has 1 heterocycles. The molecule has 4 rings (SSSR count). The molecule has 0 N–H and O–H groups in total. The molecule has 1 saturated heterocycles. The molecule has 0 aromatic carbocycles. The molecule has 0 amide bonds. The Morgan fingerprint density at radius 1 is 0.727 bits per heavy atom. The number of rotatable bonds is 0. The van der Waals surface area contributed by atoms with E-state index in [1.165, 1.54) is 18.8 Å². The Morgan fingerprint density at radius 2 is 1.45 bits per heavy atom. The lowest BCUT2D eigenvalue weighted by molar-refractivity contribution is 0.268. The van der Waals surface area contributed by atoms with Gasteiger partial charge < -0.3 is 4.74 Å². The van der Waals surface area contributed by atoms with Gasteiger partial charge in [0.1, 0.15) is 0 Å². The smallest absolute Gasteiger partial charge is 0.0844 e. The van der Waals surface area contributed by atoms with Crippen LogP contribution in [0, 0.1) is 23.7 Å². The van der Waals surface area contributed by atoms with Crippen LogP contribution in [0.2, 0.25) is 0 Å². The van der Waals surface area contributed by atoms with Crippen LogP contribution in [0.1, 0.15) is 25.7 Å². The Hall–Kier alpha value is -0.0400. The predicted octanol–water partition coefficient (Wildman–Crippen LogP) is 1.82. The summed E-state index contributed by atoms with van der Waals surface area (Å²) in [6, 6.07) is 0. The lowest BCUT2D eigenvalue weighted by Crippen LogP contribution is -2.22. The molecule has 4 fully saturated rings. The normalized spacial score (nSPS) is 69.8. The zero-order valence-corrected chi connectivity index (χ0v) is 6.70. The van der Waals surface area contributed by atoms with Gasteiger partial charge in [0.2, 0.25) is 0 Å². The van der Waals surface area contributed by atoms with E-state index in [-0.39, 0.29) is 0 Å². The van der Waals surface area contributed by atoms with Gasteiger partial charge >= 0.3 is 0 Å². The van der Waals surface area contributed by atoms with Crippen molar-refractivity contribution >= 4 is 0 Å². The van der Waals surface area contributed by atoms with Gasteiger partial charge in [-0.1, -0.05) is 0 Å². The molecule has 0 bridgehead atoms. The fourth-order valence-corrected chi connectivity index (χ4v) is 3.78. The average Bonchev–Trinajstić information content (AvgIpc) is 2.84. The zero-order chi connectivity index (χ0) is 7.00. The number of epoxide rings is 1. The molecule has 0 spiro atoms. The second-order valence-corrected chi connectivity index (χ2v) is 5.00. The van der Waals surface area contributed by atoms with Crippen molar-refractivity contribution in [3.05, 3.63) is 0 Å². The second kappa shape index (κ2) is 1.52. The predicted molar refractivity (Wildman–Crippen MR) is 41.1 cm³/mol. The van der Waals surface area contributed by atoms with Crippen molar-refractivity contribution in [3.8, 4) is 0 Å². The number of hydrogen-bond acceptors (Lipinski definition) is 1. The molecule has 0 aromatic heterocycles. The molecular formula is C10H14O. The van der Waals surface area contributed by atoms with Crippen molar-refractivity contribution in [2.75, 3.05) is 0 Å². The molecule has 4 aliphatic rings. The number of hydrogen-bond donors (Lipinski definition) is 0. The second-order valence-electron chi connectivity index (χ2n) is 5.00. The van der Waals surface area contributed by atoms with Crippen LogP contribution in [-0.2, 0) is 4.74 Å². The highest BCUT2D eigenvalue weighted by molar-refractivity contribution is 5.08. The third kappa shape index (κ3) is 0.618. The van der Waals surface area contributed by atoms with Crippen molar-refractivity contribution in [2.24, 2.45) is 23.7 Å². The summed E-state index contributed by atoms with van der Waals surface area (Å²) < 4.78 is 5.58. The maximum atomic E-state index is 5.58. The van der Waals surface area contributed by atoms with Crippen LogP contribution < -0.4 is 0 Å². The first-order chi connectivity index (χ1) is 5.42. The Bertz CT molecular complexity index is 213. The SMILES string of the molecule is C1C2CC2C2CC3OC3CC12. The maximum absolute atomic E-state index is 5.58. The monoisotopic (exact) mass is 150 g/mol. The van der Waals surface area contributed by atoms with Crippen LogP contribution in [0.4, 0.5) is 0 Å². The number of fused-ring (bicyclic) bond motifs is 4. The van der Waals surface area contributed by atoms with Gasteiger partial charge in [-0.2, -0.15) is 0 Å². The molecule has 1 aliphatic heterocycles. The molecule has 0 radical (unpaired) electrons. The van der Waals surface area contributed by atoms with E-state index in [1.807, 2.05) is 0 Å². The highest BCUT2D eigenvalue weighted by Crippen LogP contribution is 2.64. The average molecular weight is 150 g/mol. The van der Waals surface area contributed by atoms with Crippen LogP contribution in [-0.4, -0.2) is 12.2 Å². The van der Waals surface area contributed by atoms with Crippen molar-refractivity contribution in [2.45, 2.75) is 37.9 Å². The van der Waals surface area contributed by atoms with E-state index in [2.05, 4.69) is 0 Å². The van der Waals surface area contributed by atoms with Gasteiger partial charge in [0, 0.05) is 0 Å². The van der Waals surface area contributed by atoms with Gasteiger partial charge in [-0.05, 0) is 49.4 Å². The van der Waals surface area contributed by atoms with E-state index in [9.17, 15) is 0 Å². The largest absolute Gasteiger partial charge is 0.370 e. The molecule has 1 nitrogen and oxygen atoms in total. The summed E-state index contributed by atoms with van der Waals surface area (Å²) in [5.41, 5.74) is 0. The Kier molecular flexibility index (Phi) is 0.769. The lowest BCUT2D eigenvalue weighted by Gasteiger charge is -2.24. The van der Waals surface area contributed by atoms with E-state index in [0.29, 0.717) is 6.10 Å². The fourth-order valence-electron chi connectivity index (χ4n) is 3.78.